The summed E-state index contributed by atoms with van der Waals surface area (Å²) in [7, 11) is 0. The predicted molar refractivity (Wildman–Crippen MR) is 76.4 cm³/mol. The zero-order valence-corrected chi connectivity index (χ0v) is 11.9. The van der Waals surface area contributed by atoms with Gasteiger partial charge in [0.1, 0.15) is 18.5 Å². The van der Waals surface area contributed by atoms with Gasteiger partial charge in [-0.3, -0.25) is 4.90 Å². The van der Waals surface area contributed by atoms with Gasteiger partial charge in [0, 0.05) is 25.2 Å². The minimum atomic E-state index is 0.153. The minimum absolute atomic E-state index is 0.153. The smallest absolute Gasteiger partial charge is 0.123 e. The molecule has 1 aliphatic rings. The molecular formula is C15H24N2O2. The zero-order valence-electron chi connectivity index (χ0n) is 11.9. The van der Waals surface area contributed by atoms with E-state index in [1.54, 1.807) is 0 Å². The number of nitrogens with two attached hydrogens (primary N) is 1. The van der Waals surface area contributed by atoms with Crippen molar-refractivity contribution in [1.29, 1.82) is 0 Å². The third-order valence-electron chi connectivity index (χ3n) is 3.53. The number of hydrogen-bond acceptors (Lipinski definition) is 4. The van der Waals surface area contributed by atoms with Gasteiger partial charge in [-0.25, -0.2) is 0 Å². The van der Waals surface area contributed by atoms with E-state index in [4.69, 9.17) is 15.2 Å². The van der Waals surface area contributed by atoms with Crippen LogP contribution in [-0.4, -0.2) is 43.9 Å². The SMILES string of the molecule is CCN1CCOC(COc2ccc(C)cc2CN)C1. The second kappa shape index (κ2) is 6.89. The van der Waals surface area contributed by atoms with E-state index in [1.807, 2.05) is 6.07 Å². The molecule has 0 aromatic heterocycles. The van der Waals surface area contributed by atoms with Gasteiger partial charge in [0.25, 0.3) is 0 Å². The first-order chi connectivity index (χ1) is 9.22. The summed E-state index contributed by atoms with van der Waals surface area (Å²) in [5.41, 5.74) is 8.02. The fourth-order valence-corrected chi connectivity index (χ4v) is 2.36. The Morgan fingerprint density at radius 1 is 1.47 bits per heavy atom. The van der Waals surface area contributed by atoms with E-state index >= 15 is 0 Å². The largest absolute Gasteiger partial charge is 0.490 e. The van der Waals surface area contributed by atoms with Crippen LogP contribution >= 0.6 is 0 Å². The Bertz CT molecular complexity index is 409. The Morgan fingerprint density at radius 3 is 3.05 bits per heavy atom. The van der Waals surface area contributed by atoms with Crippen LogP contribution in [0.15, 0.2) is 18.2 Å². The number of ether oxygens (including phenoxy) is 2. The average molecular weight is 264 g/mol. The van der Waals surface area contributed by atoms with E-state index in [-0.39, 0.29) is 6.10 Å². The number of aryl methyl sites for hydroxylation is 1. The molecule has 0 amide bonds. The van der Waals surface area contributed by atoms with Crippen LogP contribution in [0, 0.1) is 6.92 Å². The van der Waals surface area contributed by atoms with Crippen LogP contribution in [0.2, 0.25) is 0 Å². The van der Waals surface area contributed by atoms with Gasteiger partial charge in [-0.15, -0.1) is 0 Å². The molecular weight excluding hydrogens is 240 g/mol. The quantitative estimate of drug-likeness (QED) is 0.876. The molecule has 4 nitrogen and oxygen atoms in total. The Balaban J connectivity index is 1.91. The number of benzene rings is 1. The van der Waals surface area contributed by atoms with Gasteiger partial charge in [0.2, 0.25) is 0 Å². The van der Waals surface area contributed by atoms with E-state index in [9.17, 15) is 0 Å². The number of hydrogen-bond donors (Lipinski definition) is 1. The van der Waals surface area contributed by atoms with Crippen molar-refractivity contribution in [1.82, 2.24) is 4.90 Å². The minimum Gasteiger partial charge on any atom is -0.490 e. The van der Waals surface area contributed by atoms with E-state index < -0.39 is 0 Å². The van der Waals surface area contributed by atoms with Crippen molar-refractivity contribution in [2.45, 2.75) is 26.5 Å². The Hall–Kier alpha value is -1.10. The Morgan fingerprint density at radius 2 is 2.32 bits per heavy atom. The zero-order chi connectivity index (χ0) is 13.7. The van der Waals surface area contributed by atoms with Crippen LogP contribution < -0.4 is 10.5 Å². The molecule has 2 rings (SSSR count). The molecule has 1 aliphatic heterocycles. The van der Waals surface area contributed by atoms with Crippen molar-refractivity contribution < 1.29 is 9.47 Å². The third kappa shape index (κ3) is 3.93. The number of rotatable bonds is 5. The standard InChI is InChI=1S/C15H24N2O2/c1-3-17-6-7-18-14(10-17)11-19-15-5-4-12(2)8-13(15)9-16/h4-5,8,14H,3,6-7,9-11,16H2,1-2H3. The highest BCUT2D eigenvalue weighted by molar-refractivity contribution is 5.36. The maximum absolute atomic E-state index is 5.88. The second-order valence-corrected chi connectivity index (χ2v) is 5.01. The molecule has 0 saturated carbocycles. The molecule has 0 aliphatic carbocycles. The Kier molecular flexibility index (Phi) is 5.19. The highest BCUT2D eigenvalue weighted by Crippen LogP contribution is 2.20. The van der Waals surface area contributed by atoms with Gasteiger partial charge in [-0.2, -0.15) is 0 Å². The molecule has 0 spiro atoms. The molecule has 1 fully saturated rings. The third-order valence-corrected chi connectivity index (χ3v) is 3.53. The lowest BCUT2D eigenvalue weighted by Gasteiger charge is -2.32. The van der Waals surface area contributed by atoms with E-state index in [0.717, 1.165) is 37.6 Å². The van der Waals surface area contributed by atoms with Crippen molar-refractivity contribution >= 4 is 0 Å². The molecule has 1 aromatic carbocycles. The fraction of sp³-hybridized carbons (Fsp3) is 0.600. The van der Waals surface area contributed by atoms with E-state index in [0.29, 0.717) is 13.2 Å². The highest BCUT2D eigenvalue weighted by atomic mass is 16.5. The molecule has 0 radical (unpaired) electrons. The molecule has 1 unspecified atom stereocenters. The highest BCUT2D eigenvalue weighted by Gasteiger charge is 2.20. The second-order valence-electron chi connectivity index (χ2n) is 5.01. The van der Waals surface area contributed by atoms with Crippen LogP contribution in [0.1, 0.15) is 18.1 Å². The van der Waals surface area contributed by atoms with Crippen LogP contribution in [0.3, 0.4) is 0 Å². The lowest BCUT2D eigenvalue weighted by molar-refractivity contribution is -0.0465. The molecule has 1 atom stereocenters. The van der Waals surface area contributed by atoms with Crippen molar-refractivity contribution in [3.8, 4) is 5.75 Å². The molecule has 2 N–H and O–H groups in total. The van der Waals surface area contributed by atoms with Gasteiger partial charge < -0.3 is 15.2 Å². The molecule has 106 valence electrons. The first-order valence-electron chi connectivity index (χ1n) is 6.99. The van der Waals surface area contributed by atoms with Gasteiger partial charge in [-0.1, -0.05) is 24.6 Å². The summed E-state index contributed by atoms with van der Waals surface area (Å²) in [6, 6.07) is 6.13. The van der Waals surface area contributed by atoms with Gasteiger partial charge in [0.15, 0.2) is 0 Å². The summed E-state index contributed by atoms with van der Waals surface area (Å²) in [4.78, 5) is 2.39. The van der Waals surface area contributed by atoms with Crippen LogP contribution in [0.25, 0.3) is 0 Å². The van der Waals surface area contributed by atoms with Crippen LogP contribution in [-0.2, 0) is 11.3 Å². The maximum Gasteiger partial charge on any atom is 0.123 e. The fourth-order valence-electron chi connectivity index (χ4n) is 2.36. The maximum atomic E-state index is 5.88. The van der Waals surface area contributed by atoms with Gasteiger partial charge in [-0.05, 0) is 19.5 Å². The normalized spacial score (nSPS) is 20.5. The lowest BCUT2D eigenvalue weighted by atomic mass is 10.1. The summed E-state index contributed by atoms with van der Waals surface area (Å²) in [6.07, 6.45) is 0.153. The predicted octanol–water partition coefficient (Wildman–Crippen LogP) is 1.55. The number of likely N-dealkylation sites (N-methyl/N-ethyl adjacent to an activating group) is 1. The van der Waals surface area contributed by atoms with Crippen LogP contribution in [0.4, 0.5) is 0 Å². The molecule has 1 saturated heterocycles. The summed E-state index contributed by atoms with van der Waals surface area (Å²) < 4.78 is 11.6. The van der Waals surface area contributed by atoms with Gasteiger partial charge in [0.05, 0.1) is 6.61 Å². The average Bonchev–Trinajstić information content (AvgIpc) is 2.46. The Labute approximate surface area is 115 Å². The van der Waals surface area contributed by atoms with Crippen molar-refractivity contribution in [3.63, 3.8) is 0 Å². The first-order valence-corrected chi connectivity index (χ1v) is 6.99. The monoisotopic (exact) mass is 264 g/mol. The molecule has 1 aromatic rings. The summed E-state index contributed by atoms with van der Waals surface area (Å²) >= 11 is 0. The molecule has 1 heterocycles. The topological polar surface area (TPSA) is 47.7 Å². The summed E-state index contributed by atoms with van der Waals surface area (Å²) in [5, 5.41) is 0. The van der Waals surface area contributed by atoms with Gasteiger partial charge >= 0.3 is 0 Å². The van der Waals surface area contributed by atoms with Crippen molar-refractivity contribution in [2.24, 2.45) is 5.73 Å². The molecule has 4 heteroatoms. The molecule has 0 bridgehead atoms. The van der Waals surface area contributed by atoms with E-state index in [2.05, 4.69) is 30.9 Å². The summed E-state index contributed by atoms with van der Waals surface area (Å²) in [5.74, 6) is 0.880. The number of nitrogens with zero attached hydrogens (tertiary/aromatic N) is 1. The lowest BCUT2D eigenvalue weighted by Crippen LogP contribution is -2.44. The van der Waals surface area contributed by atoms with Crippen molar-refractivity contribution in [3.05, 3.63) is 29.3 Å². The van der Waals surface area contributed by atoms with Crippen molar-refractivity contribution in [2.75, 3.05) is 32.8 Å². The van der Waals surface area contributed by atoms with E-state index in [1.165, 1.54) is 5.56 Å². The molecule has 19 heavy (non-hydrogen) atoms. The summed E-state index contributed by atoms with van der Waals surface area (Å²) in [6.45, 7) is 9.15. The first kappa shape index (κ1) is 14.3. The van der Waals surface area contributed by atoms with Crippen LogP contribution in [0.5, 0.6) is 5.75 Å². The number of morpholine rings is 1.